The molecule has 0 N–H and O–H groups in total. The van der Waals surface area contributed by atoms with Crippen LogP contribution in [0.2, 0.25) is 0 Å². The largest absolute Gasteiger partial charge is 0.0842 e. The molecule has 0 spiro atoms. The summed E-state index contributed by atoms with van der Waals surface area (Å²) in [6.07, 6.45) is 28.1. The van der Waals surface area contributed by atoms with Crippen molar-refractivity contribution in [1.82, 2.24) is 0 Å². The van der Waals surface area contributed by atoms with Gasteiger partial charge in [0.2, 0.25) is 0 Å². The van der Waals surface area contributed by atoms with Crippen molar-refractivity contribution in [2.24, 2.45) is 11.8 Å². The summed E-state index contributed by atoms with van der Waals surface area (Å²) in [7, 11) is 0. The van der Waals surface area contributed by atoms with E-state index in [2.05, 4.69) is 36.5 Å². The van der Waals surface area contributed by atoms with Crippen LogP contribution in [0.5, 0.6) is 0 Å². The van der Waals surface area contributed by atoms with Crippen molar-refractivity contribution in [3.05, 3.63) is 47.6 Å². The van der Waals surface area contributed by atoms with Gasteiger partial charge in [-0.3, -0.25) is 0 Å². The fourth-order valence-electron chi connectivity index (χ4n) is 4.11. The molecule has 0 amide bonds. The van der Waals surface area contributed by atoms with Crippen LogP contribution < -0.4 is 0 Å². The van der Waals surface area contributed by atoms with Gasteiger partial charge >= 0.3 is 0 Å². The van der Waals surface area contributed by atoms with Crippen LogP contribution >= 0.6 is 0 Å². The Hall–Kier alpha value is -1.04. The summed E-state index contributed by atoms with van der Waals surface area (Å²) in [5.41, 5.74) is 3.28. The van der Waals surface area contributed by atoms with Crippen LogP contribution in [0.15, 0.2) is 47.6 Å². The molecule has 0 nitrogen and oxygen atoms in total. The third kappa shape index (κ3) is 3.34. The summed E-state index contributed by atoms with van der Waals surface area (Å²) < 4.78 is 0. The summed E-state index contributed by atoms with van der Waals surface area (Å²) in [6.45, 7) is 0. The van der Waals surface area contributed by atoms with Crippen molar-refractivity contribution in [2.45, 2.75) is 64.2 Å². The summed E-state index contributed by atoms with van der Waals surface area (Å²) in [5.74, 6) is 1.60. The zero-order valence-electron chi connectivity index (χ0n) is 12.7. The van der Waals surface area contributed by atoms with E-state index in [4.69, 9.17) is 0 Å². The van der Waals surface area contributed by atoms with E-state index in [1.54, 1.807) is 11.1 Å². The number of hydrogen-bond acceptors (Lipinski definition) is 0. The van der Waals surface area contributed by atoms with Crippen LogP contribution in [-0.2, 0) is 0 Å². The highest BCUT2D eigenvalue weighted by atomic mass is 14.3. The maximum absolute atomic E-state index is 2.53. The zero-order valence-corrected chi connectivity index (χ0v) is 12.7. The highest BCUT2D eigenvalue weighted by Gasteiger charge is 2.26. The number of allylic oxidation sites excluding steroid dienone is 8. The molecule has 0 aromatic carbocycles. The Balaban J connectivity index is 1.76. The zero-order chi connectivity index (χ0) is 13.6. The number of rotatable bonds is 2. The molecule has 1 saturated carbocycles. The predicted octanol–water partition coefficient (Wildman–Crippen LogP) is 6.13. The van der Waals surface area contributed by atoms with Crippen LogP contribution in [0.3, 0.4) is 0 Å². The Morgan fingerprint density at radius 1 is 0.900 bits per heavy atom. The maximum atomic E-state index is 2.53. The minimum Gasteiger partial charge on any atom is -0.0842 e. The summed E-state index contributed by atoms with van der Waals surface area (Å²) >= 11 is 0. The van der Waals surface area contributed by atoms with Crippen molar-refractivity contribution in [3.8, 4) is 0 Å². The first kappa shape index (κ1) is 13.9. The third-order valence-corrected chi connectivity index (χ3v) is 5.22. The molecule has 0 aromatic rings. The highest BCUT2D eigenvalue weighted by Crippen LogP contribution is 2.39. The van der Waals surface area contributed by atoms with Crippen LogP contribution in [0.25, 0.3) is 0 Å². The summed E-state index contributed by atoms with van der Waals surface area (Å²) in [5, 5.41) is 0. The Bertz CT molecular complexity index is 425. The predicted molar refractivity (Wildman–Crippen MR) is 87.6 cm³/mol. The van der Waals surface area contributed by atoms with Gasteiger partial charge in [-0.2, -0.15) is 0 Å². The van der Waals surface area contributed by atoms with Gasteiger partial charge in [-0.25, -0.2) is 0 Å². The lowest BCUT2D eigenvalue weighted by Gasteiger charge is -2.32. The van der Waals surface area contributed by atoms with Crippen molar-refractivity contribution in [1.29, 1.82) is 0 Å². The van der Waals surface area contributed by atoms with Gasteiger partial charge in [0.1, 0.15) is 0 Å². The SMILES string of the molecule is C1=CCCC(C2=CCC=CC2C2CCCCCCC2)=C1. The molecule has 0 radical (unpaired) electrons. The fourth-order valence-corrected chi connectivity index (χ4v) is 4.11. The molecule has 0 heterocycles. The van der Waals surface area contributed by atoms with E-state index < -0.39 is 0 Å². The molecule has 3 rings (SSSR count). The third-order valence-electron chi connectivity index (χ3n) is 5.22. The maximum Gasteiger partial charge on any atom is 0.00460 e. The monoisotopic (exact) mass is 268 g/mol. The molecule has 0 bridgehead atoms. The lowest BCUT2D eigenvalue weighted by Crippen LogP contribution is -2.19. The first-order valence-corrected chi connectivity index (χ1v) is 8.68. The molecule has 0 saturated heterocycles. The Morgan fingerprint density at radius 2 is 1.70 bits per heavy atom. The van der Waals surface area contributed by atoms with Gasteiger partial charge in [0.25, 0.3) is 0 Å². The minimum absolute atomic E-state index is 0.708. The molecule has 0 aromatic heterocycles. The van der Waals surface area contributed by atoms with Gasteiger partial charge in [-0.15, -0.1) is 0 Å². The van der Waals surface area contributed by atoms with Crippen LogP contribution in [0, 0.1) is 11.8 Å². The second-order valence-electron chi connectivity index (χ2n) is 6.61. The molecule has 1 atom stereocenters. The molecule has 20 heavy (non-hydrogen) atoms. The molecule has 0 heteroatoms. The van der Waals surface area contributed by atoms with E-state index in [1.807, 2.05) is 0 Å². The van der Waals surface area contributed by atoms with E-state index in [0.29, 0.717) is 5.92 Å². The minimum atomic E-state index is 0.708. The standard InChI is InChI=1S/C20H28/c1-2-5-11-17(12-6-3-1)19-15-9-10-16-20(19)18-13-7-4-8-14-18/h4,7,9,13,15-17,19H,1-3,5-6,8,10-12,14H2. The topological polar surface area (TPSA) is 0 Å². The second kappa shape index (κ2) is 7.11. The first-order valence-electron chi connectivity index (χ1n) is 8.68. The van der Waals surface area contributed by atoms with Gasteiger partial charge in [0.05, 0.1) is 0 Å². The van der Waals surface area contributed by atoms with Crippen LogP contribution in [0.1, 0.15) is 64.2 Å². The van der Waals surface area contributed by atoms with Gasteiger partial charge in [-0.05, 0) is 49.2 Å². The molecule has 108 valence electrons. The molecule has 3 aliphatic carbocycles. The van der Waals surface area contributed by atoms with Crippen molar-refractivity contribution in [3.63, 3.8) is 0 Å². The molecule has 1 fully saturated rings. The average molecular weight is 268 g/mol. The lowest BCUT2D eigenvalue weighted by atomic mass is 9.73. The fraction of sp³-hybridized carbons (Fsp3) is 0.600. The van der Waals surface area contributed by atoms with Gasteiger partial charge in [-0.1, -0.05) is 68.6 Å². The van der Waals surface area contributed by atoms with Crippen molar-refractivity contribution >= 4 is 0 Å². The Kier molecular flexibility index (Phi) is 4.95. The smallest absolute Gasteiger partial charge is 0.00460 e. The van der Waals surface area contributed by atoms with Crippen molar-refractivity contribution < 1.29 is 0 Å². The van der Waals surface area contributed by atoms with Gasteiger partial charge < -0.3 is 0 Å². The lowest BCUT2D eigenvalue weighted by molar-refractivity contribution is 0.329. The first-order chi connectivity index (χ1) is 9.95. The Morgan fingerprint density at radius 3 is 2.45 bits per heavy atom. The molecular weight excluding hydrogens is 240 g/mol. The molecule has 1 unspecified atom stereocenters. The van der Waals surface area contributed by atoms with Crippen LogP contribution in [0.4, 0.5) is 0 Å². The van der Waals surface area contributed by atoms with E-state index in [9.17, 15) is 0 Å². The molecule has 3 aliphatic rings. The van der Waals surface area contributed by atoms with Crippen molar-refractivity contribution in [2.75, 3.05) is 0 Å². The molecule has 0 aliphatic heterocycles. The summed E-state index contributed by atoms with van der Waals surface area (Å²) in [6, 6.07) is 0. The average Bonchev–Trinajstić information content (AvgIpc) is 2.48. The van der Waals surface area contributed by atoms with Gasteiger partial charge in [0, 0.05) is 5.92 Å². The Labute approximate surface area is 124 Å². The summed E-state index contributed by atoms with van der Waals surface area (Å²) in [4.78, 5) is 0. The van der Waals surface area contributed by atoms with E-state index in [0.717, 1.165) is 12.3 Å². The van der Waals surface area contributed by atoms with E-state index in [-0.39, 0.29) is 0 Å². The highest BCUT2D eigenvalue weighted by molar-refractivity contribution is 5.41. The second-order valence-corrected chi connectivity index (χ2v) is 6.61. The van der Waals surface area contributed by atoms with E-state index in [1.165, 1.54) is 57.8 Å². The molecular formula is C20H28. The normalized spacial score (nSPS) is 28.5. The van der Waals surface area contributed by atoms with E-state index >= 15 is 0 Å². The quantitative estimate of drug-likeness (QED) is 0.529. The van der Waals surface area contributed by atoms with Crippen LogP contribution in [-0.4, -0.2) is 0 Å². The number of hydrogen-bond donors (Lipinski definition) is 0. The van der Waals surface area contributed by atoms with Gasteiger partial charge in [0.15, 0.2) is 0 Å².